The molecule has 8 heteroatoms. The lowest BCUT2D eigenvalue weighted by molar-refractivity contribution is -0.172. The lowest BCUT2D eigenvalue weighted by Gasteiger charge is -2.31. The maximum absolute atomic E-state index is 13.4. The van der Waals surface area contributed by atoms with E-state index in [1.54, 1.807) is 35.8 Å². The molecule has 1 aromatic carbocycles. The number of esters is 2. The van der Waals surface area contributed by atoms with E-state index < -0.39 is 11.6 Å². The van der Waals surface area contributed by atoms with Crippen LogP contribution in [0.15, 0.2) is 59.4 Å². The predicted octanol–water partition coefficient (Wildman–Crippen LogP) is 7.80. The first-order chi connectivity index (χ1) is 22.4. The van der Waals surface area contributed by atoms with Crippen LogP contribution in [0.25, 0.3) is 22.3 Å². The molecule has 8 nitrogen and oxygen atoms in total. The minimum atomic E-state index is -1.86. The van der Waals surface area contributed by atoms with Gasteiger partial charge in [-0.2, -0.15) is 0 Å². The summed E-state index contributed by atoms with van der Waals surface area (Å²) in [6.07, 6.45) is 22.0. The summed E-state index contributed by atoms with van der Waals surface area (Å²) in [6.45, 7) is 4.07. The lowest BCUT2D eigenvalue weighted by atomic mass is 9.86. The quantitative estimate of drug-likeness (QED) is 0.0585. The van der Waals surface area contributed by atoms with Crippen LogP contribution in [0.1, 0.15) is 114 Å². The van der Waals surface area contributed by atoms with E-state index in [0.29, 0.717) is 46.7 Å². The van der Waals surface area contributed by atoms with Crippen molar-refractivity contribution in [3.05, 3.63) is 81.7 Å². The Bertz CT molecular complexity index is 1690. The van der Waals surface area contributed by atoms with Crippen molar-refractivity contribution >= 4 is 22.8 Å². The van der Waals surface area contributed by atoms with E-state index in [-0.39, 0.29) is 24.6 Å². The van der Waals surface area contributed by atoms with E-state index in [2.05, 4.69) is 31.2 Å². The third-order valence-electron chi connectivity index (χ3n) is 9.04. The second kappa shape index (κ2) is 15.5. The molecule has 1 unspecified atom stereocenters. The molecule has 0 fully saturated rings. The van der Waals surface area contributed by atoms with Crippen LogP contribution in [0, 0.1) is 0 Å². The van der Waals surface area contributed by atoms with Gasteiger partial charge in [0.2, 0.25) is 0 Å². The van der Waals surface area contributed by atoms with Crippen molar-refractivity contribution in [1.29, 1.82) is 0 Å². The number of unbranched alkanes of at least 4 members (excludes halogenated alkanes) is 8. The molecule has 4 heterocycles. The van der Waals surface area contributed by atoms with Gasteiger partial charge in [-0.15, -0.1) is 0 Å². The van der Waals surface area contributed by atoms with Gasteiger partial charge in [-0.1, -0.05) is 70.3 Å². The van der Waals surface area contributed by atoms with Crippen LogP contribution in [0.5, 0.6) is 5.75 Å². The number of rotatable bonds is 16. The molecule has 0 radical (unpaired) electrons. The van der Waals surface area contributed by atoms with Crippen molar-refractivity contribution in [3.8, 4) is 17.1 Å². The Morgan fingerprint density at radius 1 is 0.978 bits per heavy atom. The number of benzene rings is 1. The number of hydrogen-bond donors (Lipinski definition) is 1. The molecule has 0 saturated carbocycles. The Labute approximate surface area is 271 Å². The summed E-state index contributed by atoms with van der Waals surface area (Å²) in [6, 6.07) is 8.99. The molecule has 0 saturated heterocycles. The first kappa shape index (κ1) is 33.3. The minimum absolute atomic E-state index is 0.0941. The molecule has 0 aliphatic carbocycles. The molecule has 46 heavy (non-hydrogen) atoms. The topological polar surface area (TPSA) is 108 Å². The summed E-state index contributed by atoms with van der Waals surface area (Å²) in [5.74, 6) is -0.522. The Morgan fingerprint density at radius 3 is 2.48 bits per heavy atom. The van der Waals surface area contributed by atoms with Gasteiger partial charge in [0.05, 0.1) is 29.0 Å². The number of hydrogen-bond acceptors (Lipinski definition) is 7. The highest BCUT2D eigenvalue weighted by Gasteiger charge is 2.45. The zero-order valence-electron chi connectivity index (χ0n) is 27.2. The Hall–Kier alpha value is -4.04. The summed E-state index contributed by atoms with van der Waals surface area (Å²) < 4.78 is 12.4. The molecule has 0 spiro atoms. The average Bonchev–Trinajstić information content (AvgIpc) is 3.41. The number of aromatic nitrogens is 2. The van der Waals surface area contributed by atoms with Crippen molar-refractivity contribution in [3.63, 3.8) is 0 Å². The lowest BCUT2D eigenvalue weighted by Crippen LogP contribution is -2.44. The van der Waals surface area contributed by atoms with E-state index in [0.717, 1.165) is 49.5 Å². The van der Waals surface area contributed by atoms with Crippen LogP contribution >= 0.6 is 0 Å². The van der Waals surface area contributed by atoms with E-state index >= 15 is 0 Å². The molecule has 244 valence electrons. The zero-order chi connectivity index (χ0) is 32.5. The minimum Gasteiger partial charge on any atom is -0.458 e. The van der Waals surface area contributed by atoms with Gasteiger partial charge < -0.3 is 19.1 Å². The maximum atomic E-state index is 13.4. The highest BCUT2D eigenvalue weighted by Crippen LogP contribution is 2.39. The van der Waals surface area contributed by atoms with Gasteiger partial charge in [0.25, 0.3) is 5.56 Å². The fourth-order valence-electron chi connectivity index (χ4n) is 6.29. The molecule has 0 bridgehead atoms. The molecule has 2 aliphatic heterocycles. The van der Waals surface area contributed by atoms with E-state index in [9.17, 15) is 19.5 Å². The van der Waals surface area contributed by atoms with Gasteiger partial charge in [0, 0.05) is 22.9 Å². The first-order valence-corrected chi connectivity index (χ1v) is 17.0. The number of pyridine rings is 2. The number of carbonyl (C=O) groups excluding carboxylic acids is 2. The number of nitrogens with zero attached hydrogens (tertiary/aromatic N) is 2. The molecular weight excluding hydrogens is 580 g/mol. The van der Waals surface area contributed by atoms with Crippen LogP contribution in [0.3, 0.4) is 0 Å². The van der Waals surface area contributed by atoms with Crippen molar-refractivity contribution in [2.45, 2.75) is 116 Å². The van der Waals surface area contributed by atoms with Gasteiger partial charge >= 0.3 is 11.9 Å². The SMILES string of the molecule is CCCCC/C=C\C/C=C\CCCCCCCC(=O)Oc1ccc2nc3c(cc2c1)Cn1c-3cc2c(c1=O)COC(=O)C2(O)CC. The normalized spacial score (nSPS) is 17.0. The molecule has 1 N–H and O–H groups in total. The standard InChI is InChI=1S/C38H46N2O6/c1-3-5-6-7-8-9-10-11-12-13-14-15-16-17-18-19-34(41)46-29-20-21-32-27(23-29)22-28-25-40-33(35(28)39-32)24-31-30(36(40)42)26-45-37(43)38(31,44)4-2/h8-9,11-12,20-24,44H,3-7,10,13-19,25-26H2,1-2H3/b9-8-,12-11-. The third-order valence-corrected chi connectivity index (χ3v) is 9.04. The summed E-state index contributed by atoms with van der Waals surface area (Å²) in [7, 11) is 0. The second-order valence-electron chi connectivity index (χ2n) is 12.4. The highest BCUT2D eigenvalue weighted by atomic mass is 16.6. The Balaban J connectivity index is 1.10. The van der Waals surface area contributed by atoms with Crippen molar-refractivity contribution in [1.82, 2.24) is 9.55 Å². The van der Waals surface area contributed by atoms with Crippen molar-refractivity contribution in [2.75, 3.05) is 0 Å². The van der Waals surface area contributed by atoms with Crippen molar-refractivity contribution < 1.29 is 24.2 Å². The molecule has 2 aliphatic rings. The number of carbonyl (C=O) groups is 2. The van der Waals surface area contributed by atoms with Gasteiger partial charge in [0.1, 0.15) is 12.4 Å². The van der Waals surface area contributed by atoms with Gasteiger partial charge in [0.15, 0.2) is 5.60 Å². The number of fused-ring (bicyclic) bond motifs is 5. The third kappa shape index (κ3) is 7.49. The summed E-state index contributed by atoms with van der Waals surface area (Å²) in [5, 5.41) is 11.9. The molecule has 5 rings (SSSR count). The van der Waals surface area contributed by atoms with Crippen LogP contribution in [-0.4, -0.2) is 26.6 Å². The molecule has 2 aromatic heterocycles. The number of cyclic esters (lactones) is 1. The van der Waals surface area contributed by atoms with Crippen LogP contribution in [0.2, 0.25) is 0 Å². The molecule has 3 aromatic rings. The zero-order valence-corrected chi connectivity index (χ0v) is 27.2. The summed E-state index contributed by atoms with van der Waals surface area (Å²) in [5.41, 5.74) is 1.17. The number of allylic oxidation sites excluding steroid dienone is 4. The monoisotopic (exact) mass is 626 g/mol. The smallest absolute Gasteiger partial charge is 0.343 e. The van der Waals surface area contributed by atoms with Crippen molar-refractivity contribution in [2.24, 2.45) is 0 Å². The van der Waals surface area contributed by atoms with Crippen LogP contribution in [-0.2, 0) is 33.1 Å². The van der Waals surface area contributed by atoms with E-state index in [1.807, 2.05) is 6.07 Å². The maximum Gasteiger partial charge on any atom is 0.343 e. The molecule has 0 amide bonds. The highest BCUT2D eigenvalue weighted by molar-refractivity contribution is 5.87. The molecular formula is C38H46N2O6. The van der Waals surface area contributed by atoms with E-state index in [4.69, 9.17) is 14.5 Å². The second-order valence-corrected chi connectivity index (χ2v) is 12.4. The predicted molar refractivity (Wildman–Crippen MR) is 180 cm³/mol. The van der Waals surface area contributed by atoms with Gasteiger partial charge in [-0.25, -0.2) is 9.78 Å². The average molecular weight is 627 g/mol. The van der Waals surface area contributed by atoms with Gasteiger partial charge in [-0.3, -0.25) is 9.59 Å². The summed E-state index contributed by atoms with van der Waals surface area (Å²) in [4.78, 5) is 43.1. The number of ether oxygens (including phenoxy) is 2. The largest absolute Gasteiger partial charge is 0.458 e. The first-order valence-electron chi connectivity index (χ1n) is 17.0. The Morgan fingerprint density at radius 2 is 1.72 bits per heavy atom. The van der Waals surface area contributed by atoms with Gasteiger partial charge in [-0.05, 0) is 75.3 Å². The molecule has 1 atom stereocenters. The van der Waals surface area contributed by atoms with E-state index in [1.165, 1.54) is 32.1 Å². The number of aliphatic hydroxyl groups is 1. The van der Waals surface area contributed by atoms with Crippen LogP contribution < -0.4 is 10.3 Å². The summed E-state index contributed by atoms with van der Waals surface area (Å²) >= 11 is 0. The fourth-order valence-corrected chi connectivity index (χ4v) is 6.29. The fraction of sp³-hybridized carbons (Fsp3) is 0.474. The van der Waals surface area contributed by atoms with Crippen LogP contribution in [0.4, 0.5) is 0 Å². The Kier molecular flexibility index (Phi) is 11.2.